The van der Waals surface area contributed by atoms with Gasteiger partial charge in [0.15, 0.2) is 5.82 Å². The first-order valence-corrected chi connectivity index (χ1v) is 6.28. The lowest BCUT2D eigenvalue weighted by Gasteiger charge is -2.04. The Morgan fingerprint density at radius 3 is 2.68 bits per heavy atom. The van der Waals surface area contributed by atoms with Gasteiger partial charge in [0.1, 0.15) is 0 Å². The van der Waals surface area contributed by atoms with E-state index >= 15 is 0 Å². The molecule has 19 heavy (non-hydrogen) atoms. The van der Waals surface area contributed by atoms with Gasteiger partial charge < -0.3 is 5.11 Å². The van der Waals surface area contributed by atoms with Gasteiger partial charge in [-0.2, -0.15) is 0 Å². The molecule has 2 aromatic rings. The Balaban J connectivity index is 2.01. The molecule has 0 unspecified atom stereocenters. The standard InChI is InChI=1S/C12H13ClN4O2/c13-10-6-4-9(5-7-10)12-14-15-16-17(12)8-2-1-3-11(18)19/h4-7H,1-3,8H2,(H,18,19). The predicted molar refractivity (Wildman–Crippen MR) is 69.7 cm³/mol. The fourth-order valence-corrected chi connectivity index (χ4v) is 1.82. The number of aryl methyl sites for hydroxylation is 1. The van der Waals surface area contributed by atoms with Crippen LogP contribution in [0.25, 0.3) is 11.4 Å². The summed E-state index contributed by atoms with van der Waals surface area (Å²) in [5, 5.41) is 20.8. The van der Waals surface area contributed by atoms with E-state index < -0.39 is 5.97 Å². The highest BCUT2D eigenvalue weighted by atomic mass is 35.5. The molecule has 0 amide bonds. The Bertz CT molecular complexity index is 553. The van der Waals surface area contributed by atoms with Gasteiger partial charge in [-0.1, -0.05) is 11.6 Å². The zero-order chi connectivity index (χ0) is 13.7. The molecule has 0 spiro atoms. The molecule has 0 aliphatic carbocycles. The predicted octanol–water partition coefficient (Wildman–Crippen LogP) is 2.25. The molecule has 1 heterocycles. The number of aliphatic carboxylic acids is 1. The number of carboxylic acids is 1. The van der Waals surface area contributed by atoms with Gasteiger partial charge >= 0.3 is 5.97 Å². The van der Waals surface area contributed by atoms with Crippen LogP contribution in [0.1, 0.15) is 19.3 Å². The van der Waals surface area contributed by atoms with Crippen molar-refractivity contribution >= 4 is 17.6 Å². The molecule has 1 aromatic heterocycles. The van der Waals surface area contributed by atoms with Crippen LogP contribution in [0.15, 0.2) is 24.3 Å². The van der Waals surface area contributed by atoms with Gasteiger partial charge in [0.05, 0.1) is 0 Å². The second-order valence-electron chi connectivity index (χ2n) is 4.08. The Morgan fingerprint density at radius 1 is 1.26 bits per heavy atom. The number of carboxylic acid groups (broad SMARTS) is 1. The van der Waals surface area contributed by atoms with Crippen LogP contribution >= 0.6 is 11.6 Å². The maximum atomic E-state index is 10.4. The van der Waals surface area contributed by atoms with Gasteiger partial charge in [-0.25, -0.2) is 4.68 Å². The largest absolute Gasteiger partial charge is 0.481 e. The van der Waals surface area contributed by atoms with E-state index in [1.165, 1.54) is 0 Å². The normalized spacial score (nSPS) is 10.6. The van der Waals surface area contributed by atoms with Gasteiger partial charge in [0.2, 0.25) is 0 Å². The van der Waals surface area contributed by atoms with Crippen LogP contribution in [0.5, 0.6) is 0 Å². The number of halogens is 1. The first-order chi connectivity index (χ1) is 9.16. The van der Waals surface area contributed by atoms with Crippen LogP contribution in [0.4, 0.5) is 0 Å². The second kappa shape index (κ2) is 6.29. The highest BCUT2D eigenvalue weighted by Gasteiger charge is 2.08. The number of nitrogens with zero attached hydrogens (tertiary/aromatic N) is 4. The molecular weight excluding hydrogens is 268 g/mol. The van der Waals surface area contributed by atoms with Gasteiger partial charge in [0, 0.05) is 23.6 Å². The van der Waals surface area contributed by atoms with E-state index in [-0.39, 0.29) is 6.42 Å². The summed E-state index contributed by atoms with van der Waals surface area (Å²) in [6.07, 6.45) is 1.49. The average Bonchev–Trinajstić information content (AvgIpc) is 2.84. The fourth-order valence-electron chi connectivity index (χ4n) is 1.70. The molecule has 0 aliphatic rings. The van der Waals surface area contributed by atoms with Gasteiger partial charge in [0.25, 0.3) is 0 Å². The van der Waals surface area contributed by atoms with Crippen molar-refractivity contribution in [3.8, 4) is 11.4 Å². The van der Waals surface area contributed by atoms with E-state index in [4.69, 9.17) is 16.7 Å². The maximum Gasteiger partial charge on any atom is 0.303 e. The molecule has 0 saturated carbocycles. The van der Waals surface area contributed by atoms with Crippen molar-refractivity contribution in [3.05, 3.63) is 29.3 Å². The van der Waals surface area contributed by atoms with E-state index in [1.54, 1.807) is 16.8 Å². The Kier molecular flexibility index (Phi) is 4.46. The molecule has 2 rings (SSSR count). The Morgan fingerprint density at radius 2 is 2.00 bits per heavy atom. The topological polar surface area (TPSA) is 80.9 Å². The third-order valence-electron chi connectivity index (χ3n) is 2.64. The molecule has 0 fully saturated rings. The molecule has 0 atom stereocenters. The molecule has 100 valence electrons. The van der Waals surface area contributed by atoms with E-state index in [0.717, 1.165) is 12.0 Å². The fraction of sp³-hybridized carbons (Fsp3) is 0.333. The molecule has 1 N–H and O–H groups in total. The molecule has 1 aromatic carbocycles. The van der Waals surface area contributed by atoms with Crippen molar-refractivity contribution in [3.63, 3.8) is 0 Å². The number of aromatic nitrogens is 4. The molecule has 6 nitrogen and oxygen atoms in total. The summed E-state index contributed by atoms with van der Waals surface area (Å²) < 4.78 is 1.67. The minimum Gasteiger partial charge on any atom is -0.481 e. The third-order valence-corrected chi connectivity index (χ3v) is 2.90. The van der Waals surface area contributed by atoms with Crippen LogP contribution in [-0.2, 0) is 11.3 Å². The lowest BCUT2D eigenvalue weighted by molar-refractivity contribution is -0.137. The van der Waals surface area contributed by atoms with Crippen molar-refractivity contribution < 1.29 is 9.90 Å². The average molecular weight is 281 g/mol. The molecular formula is C12H13ClN4O2. The van der Waals surface area contributed by atoms with E-state index in [9.17, 15) is 4.79 Å². The quantitative estimate of drug-likeness (QED) is 0.821. The van der Waals surface area contributed by atoms with Gasteiger partial charge in [-0.05, 0) is 47.5 Å². The molecule has 0 saturated heterocycles. The summed E-state index contributed by atoms with van der Waals surface area (Å²) in [6, 6.07) is 7.25. The highest BCUT2D eigenvalue weighted by Crippen LogP contribution is 2.19. The summed E-state index contributed by atoms with van der Waals surface area (Å²) >= 11 is 5.83. The maximum absolute atomic E-state index is 10.4. The first kappa shape index (κ1) is 13.5. The Labute approximate surface area is 115 Å². The van der Waals surface area contributed by atoms with E-state index in [0.29, 0.717) is 23.8 Å². The zero-order valence-corrected chi connectivity index (χ0v) is 10.9. The molecule has 0 aliphatic heterocycles. The molecule has 0 bridgehead atoms. The van der Waals surface area contributed by atoms with Crippen molar-refractivity contribution in [2.24, 2.45) is 0 Å². The van der Waals surface area contributed by atoms with Crippen LogP contribution in [-0.4, -0.2) is 31.3 Å². The van der Waals surface area contributed by atoms with Crippen LogP contribution < -0.4 is 0 Å². The van der Waals surface area contributed by atoms with Gasteiger partial charge in [-0.15, -0.1) is 5.10 Å². The van der Waals surface area contributed by atoms with E-state index in [1.807, 2.05) is 12.1 Å². The third kappa shape index (κ3) is 3.75. The Hall–Kier alpha value is -1.95. The zero-order valence-electron chi connectivity index (χ0n) is 10.2. The lowest BCUT2D eigenvalue weighted by Crippen LogP contribution is -2.04. The highest BCUT2D eigenvalue weighted by molar-refractivity contribution is 6.30. The SMILES string of the molecule is O=C(O)CCCCn1nnnc1-c1ccc(Cl)cc1. The minimum absolute atomic E-state index is 0.165. The van der Waals surface area contributed by atoms with Crippen molar-refractivity contribution in [2.45, 2.75) is 25.8 Å². The number of hydrogen-bond acceptors (Lipinski definition) is 4. The van der Waals surface area contributed by atoms with Crippen LogP contribution in [0, 0.1) is 0 Å². The van der Waals surface area contributed by atoms with Crippen molar-refractivity contribution in [1.82, 2.24) is 20.2 Å². The summed E-state index contributed by atoms with van der Waals surface area (Å²) in [5.41, 5.74) is 0.882. The first-order valence-electron chi connectivity index (χ1n) is 5.91. The minimum atomic E-state index is -0.783. The summed E-state index contributed by atoms with van der Waals surface area (Å²) in [4.78, 5) is 10.4. The number of benzene rings is 1. The summed E-state index contributed by atoms with van der Waals surface area (Å²) in [5.74, 6) is -0.123. The number of tetrazole rings is 1. The lowest BCUT2D eigenvalue weighted by atomic mass is 10.2. The molecule has 7 heteroatoms. The summed E-state index contributed by atoms with van der Waals surface area (Å²) in [7, 11) is 0. The van der Waals surface area contributed by atoms with E-state index in [2.05, 4.69) is 15.5 Å². The summed E-state index contributed by atoms with van der Waals surface area (Å²) in [6.45, 7) is 0.595. The number of unbranched alkanes of at least 4 members (excludes halogenated alkanes) is 1. The second-order valence-corrected chi connectivity index (χ2v) is 4.52. The van der Waals surface area contributed by atoms with Crippen molar-refractivity contribution in [2.75, 3.05) is 0 Å². The monoisotopic (exact) mass is 280 g/mol. The van der Waals surface area contributed by atoms with Gasteiger partial charge in [-0.3, -0.25) is 4.79 Å². The van der Waals surface area contributed by atoms with Crippen LogP contribution in [0.2, 0.25) is 5.02 Å². The number of hydrogen-bond donors (Lipinski definition) is 1. The number of rotatable bonds is 6. The molecule has 0 radical (unpaired) electrons. The van der Waals surface area contributed by atoms with Crippen molar-refractivity contribution in [1.29, 1.82) is 0 Å². The smallest absolute Gasteiger partial charge is 0.303 e. The number of carbonyl (C=O) groups is 1. The van der Waals surface area contributed by atoms with Crippen LogP contribution in [0.3, 0.4) is 0 Å².